The predicted octanol–water partition coefficient (Wildman–Crippen LogP) is 3.37. The van der Waals surface area contributed by atoms with Crippen molar-refractivity contribution in [3.05, 3.63) is 48.2 Å². The molecule has 0 radical (unpaired) electrons. The number of anilines is 1. The van der Waals surface area contributed by atoms with E-state index in [4.69, 9.17) is 4.74 Å². The molecule has 30 heavy (non-hydrogen) atoms. The standard InChI is InChI=1S/C21H26N8O/c1-15(2)8-7-13-22-19-12-6-9-16(23-19)14-30-21-24-17-10-4-5-11-18(17)29(21)20-25-26-27-28(20)3/h4-6,9-12,15H,7-8,13-14H2,1-3H3,(H,22,23). The molecule has 1 aromatic carbocycles. The fourth-order valence-corrected chi connectivity index (χ4v) is 3.23. The average molecular weight is 406 g/mol. The van der Waals surface area contributed by atoms with Crippen molar-refractivity contribution in [2.75, 3.05) is 11.9 Å². The van der Waals surface area contributed by atoms with Crippen LogP contribution in [0, 0.1) is 5.92 Å². The minimum atomic E-state index is 0.288. The van der Waals surface area contributed by atoms with Crippen LogP contribution in [0.1, 0.15) is 32.4 Å². The van der Waals surface area contributed by atoms with E-state index < -0.39 is 0 Å². The lowest BCUT2D eigenvalue weighted by molar-refractivity contribution is 0.272. The quantitative estimate of drug-likeness (QED) is 0.426. The van der Waals surface area contributed by atoms with Crippen LogP contribution in [0.15, 0.2) is 42.5 Å². The second kappa shape index (κ2) is 8.89. The summed E-state index contributed by atoms with van der Waals surface area (Å²) in [6, 6.07) is 14.1. The lowest BCUT2D eigenvalue weighted by Crippen LogP contribution is -2.09. The molecule has 0 aliphatic carbocycles. The van der Waals surface area contributed by atoms with Crippen LogP contribution in [0.25, 0.3) is 17.0 Å². The van der Waals surface area contributed by atoms with E-state index in [0.29, 0.717) is 17.9 Å². The molecule has 0 saturated heterocycles. The van der Waals surface area contributed by atoms with E-state index in [1.54, 1.807) is 11.7 Å². The van der Waals surface area contributed by atoms with Crippen LogP contribution in [0.5, 0.6) is 6.01 Å². The van der Waals surface area contributed by atoms with Crippen LogP contribution < -0.4 is 10.1 Å². The summed E-state index contributed by atoms with van der Waals surface area (Å²) in [5.74, 6) is 2.10. The van der Waals surface area contributed by atoms with E-state index in [9.17, 15) is 0 Å². The summed E-state index contributed by atoms with van der Waals surface area (Å²) in [6.45, 7) is 5.67. The van der Waals surface area contributed by atoms with Gasteiger partial charge < -0.3 is 10.1 Å². The molecule has 0 aliphatic rings. The number of aryl methyl sites for hydroxylation is 1. The zero-order valence-corrected chi connectivity index (χ0v) is 17.5. The molecule has 9 nitrogen and oxygen atoms in total. The van der Waals surface area contributed by atoms with E-state index in [-0.39, 0.29) is 6.61 Å². The SMILES string of the molecule is CC(C)CCCNc1cccc(COc2nc3ccccc3n2-c2nnnn2C)n1. The first kappa shape index (κ1) is 19.8. The molecular formula is C21H26N8O. The van der Waals surface area contributed by atoms with Crippen LogP contribution in [0.3, 0.4) is 0 Å². The Labute approximate surface area is 175 Å². The lowest BCUT2D eigenvalue weighted by Gasteiger charge is -2.10. The maximum atomic E-state index is 6.05. The third-order valence-electron chi connectivity index (χ3n) is 4.75. The number of nitrogens with one attached hydrogen (secondary N) is 1. The molecule has 0 saturated carbocycles. The number of hydrogen-bond donors (Lipinski definition) is 1. The number of hydrogen-bond acceptors (Lipinski definition) is 7. The van der Waals surface area contributed by atoms with Gasteiger partial charge in [0.05, 0.1) is 16.7 Å². The molecule has 3 aromatic heterocycles. The van der Waals surface area contributed by atoms with Gasteiger partial charge in [0.15, 0.2) is 0 Å². The zero-order valence-electron chi connectivity index (χ0n) is 17.5. The van der Waals surface area contributed by atoms with Crippen molar-refractivity contribution >= 4 is 16.9 Å². The third kappa shape index (κ3) is 4.40. The number of benzene rings is 1. The summed E-state index contributed by atoms with van der Waals surface area (Å²) in [4.78, 5) is 9.26. The smallest absolute Gasteiger partial charge is 0.305 e. The fourth-order valence-electron chi connectivity index (χ4n) is 3.23. The first-order chi connectivity index (χ1) is 14.6. The lowest BCUT2D eigenvalue weighted by atomic mass is 10.1. The predicted molar refractivity (Wildman–Crippen MR) is 115 cm³/mol. The Morgan fingerprint density at radius 1 is 1.07 bits per heavy atom. The molecule has 156 valence electrons. The molecule has 0 unspecified atom stereocenters. The van der Waals surface area contributed by atoms with Crippen molar-refractivity contribution in [3.63, 3.8) is 0 Å². The Balaban J connectivity index is 1.51. The maximum Gasteiger partial charge on any atom is 0.305 e. The van der Waals surface area contributed by atoms with Crippen molar-refractivity contribution < 1.29 is 4.74 Å². The van der Waals surface area contributed by atoms with Gasteiger partial charge in [0, 0.05) is 13.6 Å². The third-order valence-corrected chi connectivity index (χ3v) is 4.75. The van der Waals surface area contributed by atoms with E-state index in [1.807, 2.05) is 47.0 Å². The summed E-state index contributed by atoms with van der Waals surface area (Å²) in [5, 5.41) is 15.2. The number of pyridine rings is 1. The van der Waals surface area contributed by atoms with Crippen LogP contribution in [-0.2, 0) is 13.7 Å². The van der Waals surface area contributed by atoms with Crippen LogP contribution in [0.2, 0.25) is 0 Å². The van der Waals surface area contributed by atoms with Gasteiger partial charge in [-0.1, -0.05) is 37.1 Å². The highest BCUT2D eigenvalue weighted by Gasteiger charge is 2.18. The summed E-state index contributed by atoms with van der Waals surface area (Å²) >= 11 is 0. The van der Waals surface area contributed by atoms with Gasteiger partial charge >= 0.3 is 6.01 Å². The van der Waals surface area contributed by atoms with E-state index in [1.165, 1.54) is 6.42 Å². The molecular weight excluding hydrogens is 380 g/mol. The van der Waals surface area contributed by atoms with Crippen LogP contribution in [0.4, 0.5) is 5.82 Å². The molecule has 0 aliphatic heterocycles. The topological polar surface area (TPSA) is 95.6 Å². The highest BCUT2D eigenvalue weighted by Crippen LogP contribution is 2.25. The van der Waals surface area contributed by atoms with Crippen molar-refractivity contribution in [2.24, 2.45) is 13.0 Å². The molecule has 3 heterocycles. The van der Waals surface area contributed by atoms with Crippen molar-refractivity contribution in [2.45, 2.75) is 33.3 Å². The molecule has 0 fully saturated rings. The minimum Gasteiger partial charge on any atom is -0.458 e. The average Bonchev–Trinajstić information content (AvgIpc) is 3.32. The number of rotatable bonds is 9. The second-order valence-corrected chi connectivity index (χ2v) is 7.59. The molecule has 9 heteroatoms. The number of para-hydroxylation sites is 2. The second-order valence-electron chi connectivity index (χ2n) is 7.59. The number of tetrazole rings is 1. The van der Waals surface area contributed by atoms with E-state index in [0.717, 1.165) is 35.5 Å². The number of nitrogens with zero attached hydrogens (tertiary/aromatic N) is 7. The maximum absolute atomic E-state index is 6.05. The molecule has 4 aromatic rings. The number of imidazole rings is 1. The molecule has 0 bridgehead atoms. The van der Waals surface area contributed by atoms with Gasteiger partial charge in [0.2, 0.25) is 0 Å². The Kier molecular flexibility index (Phi) is 5.87. The highest BCUT2D eigenvalue weighted by atomic mass is 16.5. The van der Waals surface area contributed by atoms with Gasteiger partial charge in [-0.3, -0.25) is 0 Å². The summed E-state index contributed by atoms with van der Waals surface area (Å²) < 4.78 is 9.44. The van der Waals surface area contributed by atoms with Gasteiger partial charge in [0.25, 0.3) is 5.95 Å². The number of aromatic nitrogens is 7. The molecule has 4 rings (SSSR count). The van der Waals surface area contributed by atoms with E-state index in [2.05, 4.69) is 44.7 Å². The van der Waals surface area contributed by atoms with Crippen LogP contribution >= 0.6 is 0 Å². The van der Waals surface area contributed by atoms with Gasteiger partial charge in [-0.2, -0.15) is 4.98 Å². The highest BCUT2D eigenvalue weighted by molar-refractivity contribution is 5.78. The van der Waals surface area contributed by atoms with Crippen molar-refractivity contribution in [1.29, 1.82) is 0 Å². The summed E-state index contributed by atoms with van der Waals surface area (Å²) in [7, 11) is 1.78. The molecule has 1 N–H and O–H groups in total. The van der Waals surface area contributed by atoms with Gasteiger partial charge in [0.1, 0.15) is 12.4 Å². The monoisotopic (exact) mass is 406 g/mol. The number of ether oxygens (including phenoxy) is 1. The molecule has 0 amide bonds. The first-order valence-corrected chi connectivity index (χ1v) is 10.1. The van der Waals surface area contributed by atoms with Gasteiger partial charge in [-0.25, -0.2) is 14.2 Å². The zero-order chi connectivity index (χ0) is 20.9. The van der Waals surface area contributed by atoms with Gasteiger partial charge in [-0.05, 0) is 53.5 Å². The Morgan fingerprint density at radius 2 is 1.93 bits per heavy atom. The molecule has 0 spiro atoms. The van der Waals surface area contributed by atoms with Gasteiger partial charge in [-0.15, -0.1) is 0 Å². The Morgan fingerprint density at radius 3 is 2.73 bits per heavy atom. The van der Waals surface area contributed by atoms with E-state index >= 15 is 0 Å². The summed E-state index contributed by atoms with van der Waals surface area (Å²) in [6.07, 6.45) is 2.32. The summed E-state index contributed by atoms with van der Waals surface area (Å²) in [5.41, 5.74) is 2.50. The van der Waals surface area contributed by atoms with Crippen molar-refractivity contribution in [3.8, 4) is 12.0 Å². The normalized spacial score (nSPS) is 11.3. The number of fused-ring (bicyclic) bond motifs is 1. The Hall–Kier alpha value is -3.49. The first-order valence-electron chi connectivity index (χ1n) is 10.1. The van der Waals surface area contributed by atoms with Crippen LogP contribution in [-0.4, -0.2) is 41.3 Å². The minimum absolute atomic E-state index is 0.288. The Bertz CT molecular complexity index is 1120. The largest absolute Gasteiger partial charge is 0.458 e. The molecule has 0 atom stereocenters. The van der Waals surface area contributed by atoms with Crippen molar-refractivity contribution in [1.82, 2.24) is 34.7 Å². The fraction of sp³-hybridized carbons (Fsp3) is 0.381.